The molecule has 0 saturated carbocycles. The molecule has 52 heavy (non-hydrogen) atoms. The summed E-state index contributed by atoms with van der Waals surface area (Å²) >= 11 is 0. The minimum Gasteiger partial charge on any atom is -0.459 e. The molecule has 0 bridgehead atoms. The summed E-state index contributed by atoms with van der Waals surface area (Å²) in [5.74, 6) is -2.58. The second-order valence-electron chi connectivity index (χ2n) is 17.2. The maximum absolute atomic E-state index is 14.2. The van der Waals surface area contributed by atoms with E-state index in [0.717, 1.165) is 0 Å². The first-order valence-electron chi connectivity index (χ1n) is 19.1. The highest BCUT2D eigenvalue weighted by Crippen LogP contribution is 2.40. The third kappa shape index (κ3) is 10.0. The Kier molecular flexibility index (Phi) is 15.6. The maximum atomic E-state index is 14.2. The van der Waals surface area contributed by atoms with Crippen LogP contribution in [-0.4, -0.2) is 166 Å². The smallest absolute Gasteiger partial charge is 0.311 e. The summed E-state index contributed by atoms with van der Waals surface area (Å²) in [6, 6.07) is -0.808. The third-order valence-electron chi connectivity index (χ3n) is 12.2. The van der Waals surface area contributed by atoms with Gasteiger partial charge in [-0.25, -0.2) is 0 Å². The molecule has 3 aliphatic rings. The minimum atomic E-state index is -1.80. The summed E-state index contributed by atoms with van der Waals surface area (Å²) in [7, 11) is 7.12. The number of carbonyl (C=O) groups is 1. The molecule has 3 saturated heterocycles. The molecule has 1 unspecified atom stereocenters. The first-order valence-corrected chi connectivity index (χ1v) is 19.1. The van der Waals surface area contributed by atoms with Crippen molar-refractivity contribution < 1.29 is 58.7 Å². The number of esters is 1. The van der Waals surface area contributed by atoms with Crippen molar-refractivity contribution in [2.75, 3.05) is 34.8 Å². The molecular weight excluding hydrogens is 676 g/mol. The number of rotatable bonds is 7. The quantitative estimate of drug-likeness (QED) is 0.238. The van der Waals surface area contributed by atoms with Gasteiger partial charge < -0.3 is 63.8 Å². The van der Waals surface area contributed by atoms with Crippen LogP contribution in [0.5, 0.6) is 0 Å². The van der Waals surface area contributed by atoms with E-state index in [1.54, 1.807) is 41.5 Å². The fourth-order valence-corrected chi connectivity index (χ4v) is 8.74. The summed E-state index contributed by atoms with van der Waals surface area (Å²) in [6.07, 6.45) is -8.19. The number of aliphatic hydroxyl groups excluding tert-OH is 3. The first kappa shape index (κ1) is 45.4. The van der Waals surface area contributed by atoms with Crippen molar-refractivity contribution in [1.82, 2.24) is 9.80 Å². The standard InChI is InChI=1S/C38H72N2O12/c1-15-27-38(10,46)31(42)24(6)40(13)19-20(2)17-36(8,45)33(52-35-29(41)26(39(11)12)16-21(3)48-35)22(4)30(23(5)34(44)50-27)51-28-18-37(9,47-14)32(43)25(7)49-28/h20-33,35,41-43,45-46H,15-19H2,1-14H3/t20-,21-,22+,23-,24-,25+,26+,27-,28+,29-,30+,31-,32+,33-,35+,36?,37-,38-/m1/s1. The molecule has 3 aliphatic heterocycles. The van der Waals surface area contributed by atoms with Crippen LogP contribution in [0.4, 0.5) is 0 Å². The first-order chi connectivity index (χ1) is 23.9. The van der Waals surface area contributed by atoms with E-state index in [1.165, 1.54) is 14.0 Å². The van der Waals surface area contributed by atoms with Gasteiger partial charge in [0.05, 0.1) is 41.5 Å². The maximum Gasteiger partial charge on any atom is 0.311 e. The molecular formula is C38H72N2O12. The molecule has 3 fully saturated rings. The lowest BCUT2D eigenvalue weighted by atomic mass is 9.77. The van der Waals surface area contributed by atoms with Crippen LogP contribution in [0.3, 0.4) is 0 Å². The molecule has 5 N–H and O–H groups in total. The number of carbonyl (C=O) groups excluding carboxylic acids is 1. The van der Waals surface area contributed by atoms with Crippen molar-refractivity contribution in [3.63, 3.8) is 0 Å². The Morgan fingerprint density at radius 2 is 1.56 bits per heavy atom. The van der Waals surface area contributed by atoms with Gasteiger partial charge in [0.25, 0.3) is 0 Å². The molecule has 14 nitrogen and oxygen atoms in total. The zero-order chi connectivity index (χ0) is 39.7. The van der Waals surface area contributed by atoms with Crippen LogP contribution in [0, 0.1) is 17.8 Å². The Balaban J connectivity index is 2.17. The van der Waals surface area contributed by atoms with Gasteiger partial charge in [0, 0.05) is 38.1 Å². The van der Waals surface area contributed by atoms with Crippen molar-refractivity contribution in [3.05, 3.63) is 0 Å². The van der Waals surface area contributed by atoms with Crippen LogP contribution in [0.2, 0.25) is 0 Å². The Morgan fingerprint density at radius 1 is 0.942 bits per heavy atom. The zero-order valence-electron chi connectivity index (χ0n) is 34.2. The summed E-state index contributed by atoms with van der Waals surface area (Å²) in [5.41, 5.74) is -4.37. The van der Waals surface area contributed by atoms with Gasteiger partial charge in [-0.05, 0) is 94.8 Å². The Hall–Kier alpha value is -1.01. The number of aliphatic hydroxyl groups is 5. The molecule has 14 heteroatoms. The highest BCUT2D eigenvalue weighted by atomic mass is 16.7. The molecule has 0 aromatic rings. The van der Waals surface area contributed by atoms with Crippen LogP contribution in [0.25, 0.3) is 0 Å². The van der Waals surface area contributed by atoms with Crippen LogP contribution >= 0.6 is 0 Å². The van der Waals surface area contributed by atoms with E-state index in [2.05, 4.69) is 0 Å². The molecule has 3 rings (SSSR count). The van der Waals surface area contributed by atoms with E-state index in [4.69, 9.17) is 28.4 Å². The van der Waals surface area contributed by atoms with Gasteiger partial charge in [-0.1, -0.05) is 20.8 Å². The Morgan fingerprint density at radius 3 is 2.12 bits per heavy atom. The SMILES string of the molecule is CC[C@H]1OC(=O)[C@H](C)[C@@H](O[C@H]2C[C@@](C)(OC)[C@@H](O)[C@H](C)O2)[C@H](C)[C@@H](O[C@@H]2O[C@H](C)C[C@H](N(C)C)[C@H]2O)C(C)(O)C[C@@H](C)CN(C)[C@H](C)[C@@H](O)[C@]1(C)O. The predicted octanol–water partition coefficient (Wildman–Crippen LogP) is 1.90. The van der Waals surface area contributed by atoms with E-state index in [-0.39, 0.29) is 37.3 Å². The Bertz CT molecular complexity index is 1140. The van der Waals surface area contributed by atoms with Crippen LogP contribution < -0.4 is 0 Å². The van der Waals surface area contributed by atoms with Gasteiger partial charge in [-0.2, -0.15) is 0 Å². The predicted molar refractivity (Wildman–Crippen MR) is 194 cm³/mol. The summed E-state index contributed by atoms with van der Waals surface area (Å²) in [5, 5.41) is 58.1. The number of likely N-dealkylation sites (N-methyl/N-ethyl adjacent to an activating group) is 2. The van der Waals surface area contributed by atoms with Crippen molar-refractivity contribution in [1.29, 1.82) is 0 Å². The number of hydrogen-bond donors (Lipinski definition) is 5. The average Bonchev–Trinajstić information content (AvgIpc) is 3.05. The monoisotopic (exact) mass is 749 g/mol. The van der Waals surface area contributed by atoms with Crippen molar-refractivity contribution in [2.45, 2.75) is 185 Å². The van der Waals surface area contributed by atoms with E-state index >= 15 is 0 Å². The van der Waals surface area contributed by atoms with E-state index in [9.17, 15) is 30.3 Å². The molecule has 3 heterocycles. The number of cyclic esters (lactones) is 1. The fraction of sp³-hybridized carbons (Fsp3) is 0.974. The number of ether oxygens (including phenoxy) is 6. The average molecular weight is 749 g/mol. The van der Waals surface area contributed by atoms with Crippen LogP contribution in [0.1, 0.15) is 94.9 Å². The zero-order valence-corrected chi connectivity index (χ0v) is 34.2. The van der Waals surface area contributed by atoms with Gasteiger partial charge in [0.15, 0.2) is 12.6 Å². The minimum absolute atomic E-state index is 0.133. The fourth-order valence-electron chi connectivity index (χ4n) is 8.74. The van der Waals surface area contributed by atoms with Crippen molar-refractivity contribution >= 4 is 5.97 Å². The molecule has 0 aromatic carbocycles. The molecule has 0 amide bonds. The third-order valence-corrected chi connectivity index (χ3v) is 12.2. The number of methoxy groups -OCH3 is 1. The van der Waals surface area contributed by atoms with Gasteiger partial charge in [-0.3, -0.25) is 4.79 Å². The highest BCUT2D eigenvalue weighted by molar-refractivity contribution is 5.73. The highest BCUT2D eigenvalue weighted by Gasteiger charge is 2.52. The summed E-state index contributed by atoms with van der Waals surface area (Å²) in [6.45, 7) is 18.0. The second-order valence-corrected chi connectivity index (χ2v) is 17.2. The summed E-state index contributed by atoms with van der Waals surface area (Å²) < 4.78 is 37.5. The number of nitrogens with zero attached hydrogens (tertiary/aromatic N) is 2. The normalized spacial score (nSPS) is 49.6. The second kappa shape index (κ2) is 17.8. The molecule has 0 spiro atoms. The van der Waals surface area contributed by atoms with Gasteiger partial charge in [0.1, 0.15) is 30.0 Å². The van der Waals surface area contributed by atoms with E-state index in [0.29, 0.717) is 13.0 Å². The molecule has 306 valence electrons. The molecule has 0 radical (unpaired) electrons. The van der Waals surface area contributed by atoms with E-state index in [1.807, 2.05) is 51.7 Å². The largest absolute Gasteiger partial charge is 0.459 e. The lowest BCUT2D eigenvalue weighted by molar-refractivity contribution is -0.318. The Labute approximate surface area is 312 Å². The van der Waals surface area contributed by atoms with Gasteiger partial charge >= 0.3 is 5.97 Å². The van der Waals surface area contributed by atoms with Crippen molar-refractivity contribution in [2.24, 2.45) is 17.8 Å². The lowest BCUT2D eigenvalue weighted by Crippen LogP contribution is -2.60. The van der Waals surface area contributed by atoms with Gasteiger partial charge in [0.2, 0.25) is 0 Å². The molecule has 0 aliphatic carbocycles. The molecule has 18 atom stereocenters. The van der Waals surface area contributed by atoms with Crippen LogP contribution in [0.15, 0.2) is 0 Å². The van der Waals surface area contributed by atoms with Crippen molar-refractivity contribution in [3.8, 4) is 0 Å². The van der Waals surface area contributed by atoms with Gasteiger partial charge in [-0.15, -0.1) is 0 Å². The van der Waals surface area contributed by atoms with Crippen LogP contribution in [-0.2, 0) is 33.2 Å². The molecule has 0 aromatic heterocycles. The topological polar surface area (TPSA) is 180 Å². The van der Waals surface area contributed by atoms with E-state index < -0.39 is 96.0 Å². The number of hydrogen-bond acceptors (Lipinski definition) is 14. The lowest BCUT2D eigenvalue weighted by Gasteiger charge is -2.48. The summed E-state index contributed by atoms with van der Waals surface area (Å²) in [4.78, 5) is 18.0.